The first kappa shape index (κ1) is 32.6. The topological polar surface area (TPSA) is 51.6 Å². The number of aromatic nitrogens is 4. The minimum Gasteiger partial charge on any atom is -0.305 e. The number of aryl methyl sites for hydroxylation is 3. The minimum absolute atomic E-state index is 0. The summed E-state index contributed by atoms with van der Waals surface area (Å²) in [6.07, 6.45) is 5.46. The molecule has 0 aliphatic heterocycles. The van der Waals surface area contributed by atoms with Gasteiger partial charge in [0.25, 0.3) is 0 Å². The number of benzene rings is 4. The predicted octanol–water partition coefficient (Wildman–Crippen LogP) is 10.5. The van der Waals surface area contributed by atoms with Crippen molar-refractivity contribution in [3.05, 3.63) is 169 Å². The van der Waals surface area contributed by atoms with Gasteiger partial charge in [0.1, 0.15) is 0 Å². The molecule has 5 heteroatoms. The zero-order chi connectivity index (χ0) is 32.2. The largest absolute Gasteiger partial charge is 0.305 e. The Kier molecular flexibility index (Phi) is 9.91. The molecule has 48 heavy (non-hydrogen) atoms. The second kappa shape index (κ2) is 14.6. The second-order valence-corrected chi connectivity index (χ2v) is 11.6. The third-order valence-electron chi connectivity index (χ3n) is 8.15. The Morgan fingerprint density at radius 3 is 1.96 bits per heavy atom. The van der Waals surface area contributed by atoms with Crippen molar-refractivity contribution in [2.24, 2.45) is 0 Å². The van der Waals surface area contributed by atoms with E-state index in [0.717, 1.165) is 61.1 Å². The summed E-state index contributed by atoms with van der Waals surface area (Å²) in [6.45, 7) is 6.33. The van der Waals surface area contributed by atoms with Gasteiger partial charge in [-0.15, -0.1) is 65.2 Å². The maximum absolute atomic E-state index is 4.96. The molecule has 4 nitrogen and oxygen atoms in total. The molecule has 0 amide bonds. The fraction of sp³-hybridized carbons (Fsp3) is 0.0698. The number of hydrogen-bond acceptors (Lipinski definition) is 4. The molecule has 0 aliphatic rings. The van der Waals surface area contributed by atoms with Crippen molar-refractivity contribution >= 4 is 21.8 Å². The van der Waals surface area contributed by atoms with E-state index < -0.39 is 0 Å². The number of hydrogen-bond donors (Lipinski definition) is 0. The average Bonchev–Trinajstić information content (AvgIpc) is 3.12. The van der Waals surface area contributed by atoms with Crippen molar-refractivity contribution in [3.63, 3.8) is 0 Å². The van der Waals surface area contributed by atoms with Crippen LogP contribution in [0, 0.1) is 32.9 Å². The first-order valence-electron chi connectivity index (χ1n) is 15.6. The Balaban J connectivity index is 0.000000260. The Bertz CT molecular complexity index is 2290. The molecule has 8 rings (SSSR count). The summed E-state index contributed by atoms with van der Waals surface area (Å²) in [4.78, 5) is 18.4. The Hall–Kier alpha value is -5.35. The summed E-state index contributed by atoms with van der Waals surface area (Å²) in [5.74, 6) is 0. The van der Waals surface area contributed by atoms with E-state index in [1.807, 2.05) is 86.0 Å². The van der Waals surface area contributed by atoms with E-state index in [1.165, 1.54) is 22.3 Å². The van der Waals surface area contributed by atoms with Gasteiger partial charge < -0.3 is 9.97 Å². The Morgan fingerprint density at radius 2 is 1.25 bits per heavy atom. The molecule has 4 aromatic carbocycles. The summed E-state index contributed by atoms with van der Waals surface area (Å²) >= 11 is 0. The summed E-state index contributed by atoms with van der Waals surface area (Å²) in [5, 5.41) is 2.25. The molecule has 4 aromatic heterocycles. The van der Waals surface area contributed by atoms with Crippen LogP contribution in [0.5, 0.6) is 0 Å². The van der Waals surface area contributed by atoms with Gasteiger partial charge in [-0.1, -0.05) is 61.0 Å². The number of rotatable bonds is 4. The summed E-state index contributed by atoms with van der Waals surface area (Å²) in [5.41, 5.74) is 13.9. The molecule has 0 atom stereocenters. The molecule has 0 fully saturated rings. The first-order chi connectivity index (χ1) is 23.0. The van der Waals surface area contributed by atoms with Crippen LogP contribution in [0.1, 0.15) is 16.8 Å². The first-order valence-corrected chi connectivity index (χ1v) is 15.6. The van der Waals surface area contributed by atoms with Crippen molar-refractivity contribution < 1.29 is 20.1 Å². The quantitative estimate of drug-likeness (QED) is 0.132. The van der Waals surface area contributed by atoms with Gasteiger partial charge in [0.15, 0.2) is 0 Å². The van der Waals surface area contributed by atoms with Crippen molar-refractivity contribution in [1.29, 1.82) is 0 Å². The molecule has 8 aromatic rings. The molecular formula is C43H32IrN4-2. The molecule has 235 valence electrons. The fourth-order valence-corrected chi connectivity index (χ4v) is 5.88. The third-order valence-corrected chi connectivity index (χ3v) is 8.15. The molecule has 0 unspecified atom stereocenters. The van der Waals surface area contributed by atoms with Crippen LogP contribution in [0.15, 0.2) is 140 Å². The SMILES string of the molecule is Cc1cc(-c2cc(-c3ccccn3)[c-]cc2C)cc(-c2cc3ncccc3c3ccc(C)nc23)c1.[Ir].[c-]1ccccc1-c1ccccn1. The van der Waals surface area contributed by atoms with Crippen LogP contribution < -0.4 is 0 Å². The third kappa shape index (κ3) is 6.98. The van der Waals surface area contributed by atoms with Crippen LogP contribution in [0.4, 0.5) is 0 Å². The van der Waals surface area contributed by atoms with Gasteiger partial charge in [-0.2, -0.15) is 0 Å². The van der Waals surface area contributed by atoms with Crippen LogP contribution >= 0.6 is 0 Å². The molecular weight excluding hydrogens is 765 g/mol. The Morgan fingerprint density at radius 1 is 0.542 bits per heavy atom. The van der Waals surface area contributed by atoms with E-state index in [9.17, 15) is 0 Å². The average molecular weight is 797 g/mol. The normalized spacial score (nSPS) is 10.6. The van der Waals surface area contributed by atoms with E-state index >= 15 is 0 Å². The van der Waals surface area contributed by atoms with Gasteiger partial charge in [0, 0.05) is 60.7 Å². The molecule has 0 aliphatic carbocycles. The van der Waals surface area contributed by atoms with Crippen molar-refractivity contribution in [2.45, 2.75) is 20.8 Å². The number of nitrogens with zero attached hydrogens (tertiary/aromatic N) is 4. The second-order valence-electron chi connectivity index (χ2n) is 11.6. The van der Waals surface area contributed by atoms with E-state index in [0.29, 0.717) is 0 Å². The maximum Gasteiger partial charge on any atom is 0.0791 e. The van der Waals surface area contributed by atoms with Crippen LogP contribution in [-0.2, 0) is 20.1 Å². The van der Waals surface area contributed by atoms with Gasteiger partial charge in [0.05, 0.1) is 11.0 Å². The van der Waals surface area contributed by atoms with Crippen LogP contribution in [0.3, 0.4) is 0 Å². The molecule has 0 saturated carbocycles. The fourth-order valence-electron chi connectivity index (χ4n) is 5.88. The van der Waals surface area contributed by atoms with Gasteiger partial charge in [-0.25, -0.2) is 0 Å². The molecule has 0 spiro atoms. The molecule has 0 saturated heterocycles. The monoisotopic (exact) mass is 797 g/mol. The van der Waals surface area contributed by atoms with Gasteiger partial charge in [-0.3, -0.25) is 9.97 Å². The zero-order valence-corrected chi connectivity index (χ0v) is 29.3. The van der Waals surface area contributed by atoms with Gasteiger partial charge >= 0.3 is 0 Å². The number of pyridine rings is 4. The van der Waals surface area contributed by atoms with E-state index in [-0.39, 0.29) is 20.1 Å². The van der Waals surface area contributed by atoms with Gasteiger partial charge in [0.2, 0.25) is 0 Å². The van der Waals surface area contributed by atoms with Crippen LogP contribution in [0.25, 0.3) is 66.6 Å². The van der Waals surface area contributed by atoms with Crippen molar-refractivity contribution in [3.8, 4) is 44.8 Å². The zero-order valence-electron chi connectivity index (χ0n) is 26.9. The van der Waals surface area contributed by atoms with E-state index in [1.54, 1.807) is 6.20 Å². The minimum atomic E-state index is 0. The maximum atomic E-state index is 4.96. The molecule has 4 heterocycles. The van der Waals surface area contributed by atoms with Gasteiger partial charge in [-0.05, 0) is 78.3 Å². The van der Waals surface area contributed by atoms with E-state index in [2.05, 4.69) is 95.5 Å². The van der Waals surface area contributed by atoms with Crippen molar-refractivity contribution in [1.82, 2.24) is 19.9 Å². The summed E-state index contributed by atoms with van der Waals surface area (Å²) < 4.78 is 0. The standard InChI is InChI=1S/C32H24N3.C11H8N.Ir/c1-20-15-24(28-18-23(11-9-21(28)2)30-8-4-5-13-33-30)17-25(16-20)29-19-31-26(7-6-14-34-31)27-12-10-22(3)35-32(27)29;1-2-6-10(7-3-1)11-8-4-5-9-12-11;/h4-10,12-19H,1-3H3;1-6,8-9H;/q2*-1;. The smallest absolute Gasteiger partial charge is 0.0791 e. The Labute approximate surface area is 295 Å². The van der Waals surface area contributed by atoms with Crippen LogP contribution in [-0.4, -0.2) is 19.9 Å². The molecule has 1 radical (unpaired) electrons. The van der Waals surface area contributed by atoms with E-state index in [4.69, 9.17) is 4.98 Å². The molecule has 0 N–H and O–H groups in total. The number of fused-ring (bicyclic) bond motifs is 3. The van der Waals surface area contributed by atoms with Crippen molar-refractivity contribution in [2.75, 3.05) is 0 Å². The predicted molar refractivity (Wildman–Crippen MR) is 193 cm³/mol. The summed E-state index contributed by atoms with van der Waals surface area (Å²) in [7, 11) is 0. The van der Waals surface area contributed by atoms with Crippen LogP contribution in [0.2, 0.25) is 0 Å². The molecule has 0 bridgehead atoms. The summed E-state index contributed by atoms with van der Waals surface area (Å²) in [6, 6.07) is 47.7.